The molecule has 0 aromatic rings. The smallest absolute Gasteiger partial charge is 0.317 e. The van der Waals surface area contributed by atoms with Crippen LogP contribution in [0.25, 0.3) is 0 Å². The highest BCUT2D eigenvalue weighted by Crippen LogP contribution is 2.58. The van der Waals surface area contributed by atoms with Gasteiger partial charge in [0.1, 0.15) is 16.6 Å². The van der Waals surface area contributed by atoms with Crippen molar-refractivity contribution < 1.29 is 23.8 Å². The number of fused-ring (bicyclic) bond motifs is 1. The topological polar surface area (TPSA) is 61.8 Å². The number of hydrogen-bond acceptors (Lipinski definition) is 5. The van der Waals surface area contributed by atoms with Crippen molar-refractivity contribution in [1.82, 2.24) is 0 Å². The molecule has 19 heavy (non-hydrogen) atoms. The fraction of sp³-hybridized carbons (Fsp3) is 0.571. The first-order chi connectivity index (χ1) is 9.06. The van der Waals surface area contributed by atoms with E-state index in [0.717, 1.165) is 6.42 Å². The normalized spacial score (nSPS) is 32.3. The summed E-state index contributed by atoms with van der Waals surface area (Å²) in [5, 5.41) is 0. The number of hydrogen-bond donors (Lipinski definition) is 0. The van der Waals surface area contributed by atoms with Crippen molar-refractivity contribution in [2.24, 2.45) is 10.8 Å². The largest absolute Gasteiger partial charge is 0.497 e. The lowest BCUT2D eigenvalue weighted by Gasteiger charge is -2.39. The van der Waals surface area contributed by atoms with Crippen LogP contribution < -0.4 is 0 Å². The van der Waals surface area contributed by atoms with Gasteiger partial charge in [-0.25, -0.2) is 0 Å². The molecule has 0 bridgehead atoms. The van der Waals surface area contributed by atoms with Gasteiger partial charge in [0.2, 0.25) is 0 Å². The zero-order valence-electron chi connectivity index (χ0n) is 11.4. The Labute approximate surface area is 112 Å². The molecule has 0 radical (unpaired) electrons. The van der Waals surface area contributed by atoms with Crippen molar-refractivity contribution in [3.63, 3.8) is 0 Å². The van der Waals surface area contributed by atoms with Crippen LogP contribution in [0.2, 0.25) is 0 Å². The molecule has 5 nitrogen and oxygen atoms in total. The van der Waals surface area contributed by atoms with Crippen molar-refractivity contribution in [2.75, 3.05) is 21.3 Å². The number of esters is 2. The lowest BCUT2D eigenvalue weighted by atomic mass is 9.63. The van der Waals surface area contributed by atoms with Crippen LogP contribution >= 0.6 is 0 Å². The molecule has 0 unspecified atom stereocenters. The van der Waals surface area contributed by atoms with Gasteiger partial charge in [-0.3, -0.25) is 9.59 Å². The number of ether oxygens (including phenoxy) is 3. The van der Waals surface area contributed by atoms with Gasteiger partial charge < -0.3 is 14.2 Å². The third-order valence-corrected chi connectivity index (χ3v) is 4.19. The van der Waals surface area contributed by atoms with E-state index in [2.05, 4.69) is 0 Å². The molecule has 2 rings (SSSR count). The van der Waals surface area contributed by atoms with E-state index in [1.807, 2.05) is 0 Å². The fourth-order valence-corrected chi connectivity index (χ4v) is 3.23. The third-order valence-electron chi connectivity index (χ3n) is 4.19. The predicted molar refractivity (Wildman–Crippen MR) is 67.0 cm³/mol. The summed E-state index contributed by atoms with van der Waals surface area (Å²) in [7, 11) is 4.19. The number of rotatable bonds is 3. The van der Waals surface area contributed by atoms with Crippen molar-refractivity contribution in [1.29, 1.82) is 0 Å². The highest BCUT2D eigenvalue weighted by Gasteiger charge is 2.64. The van der Waals surface area contributed by atoms with E-state index in [1.165, 1.54) is 21.3 Å². The van der Waals surface area contributed by atoms with Crippen LogP contribution in [0.1, 0.15) is 19.3 Å². The average molecular weight is 266 g/mol. The van der Waals surface area contributed by atoms with Crippen LogP contribution in [0.5, 0.6) is 0 Å². The molecule has 1 saturated carbocycles. The minimum absolute atomic E-state index is 0.405. The van der Waals surface area contributed by atoms with Crippen molar-refractivity contribution in [3.8, 4) is 0 Å². The molecule has 104 valence electrons. The molecule has 2 atom stereocenters. The van der Waals surface area contributed by atoms with E-state index < -0.39 is 22.8 Å². The Morgan fingerprint density at radius 2 is 1.63 bits per heavy atom. The average Bonchev–Trinajstić information content (AvgIpc) is 2.85. The Morgan fingerprint density at radius 3 is 2.21 bits per heavy atom. The number of carbonyl (C=O) groups is 2. The summed E-state index contributed by atoms with van der Waals surface area (Å²) in [6.45, 7) is 0. The van der Waals surface area contributed by atoms with E-state index in [9.17, 15) is 9.59 Å². The van der Waals surface area contributed by atoms with Gasteiger partial charge in [0.25, 0.3) is 0 Å². The van der Waals surface area contributed by atoms with Crippen LogP contribution in [-0.2, 0) is 23.8 Å². The maximum absolute atomic E-state index is 12.3. The number of methoxy groups -OCH3 is 3. The quantitative estimate of drug-likeness (QED) is 0.726. The minimum Gasteiger partial charge on any atom is -0.497 e. The SMILES string of the molecule is COC(=O)[C@@]12C=CC(OC)=C[C@]1(C(=O)OC)CCC2. The van der Waals surface area contributed by atoms with Gasteiger partial charge in [-0.1, -0.05) is 12.5 Å². The van der Waals surface area contributed by atoms with Crippen molar-refractivity contribution in [2.45, 2.75) is 19.3 Å². The molecule has 0 N–H and O–H groups in total. The van der Waals surface area contributed by atoms with Gasteiger partial charge in [-0.2, -0.15) is 0 Å². The zero-order chi connectivity index (χ0) is 14.1. The van der Waals surface area contributed by atoms with Gasteiger partial charge in [0.15, 0.2) is 0 Å². The van der Waals surface area contributed by atoms with Crippen molar-refractivity contribution >= 4 is 11.9 Å². The first-order valence-corrected chi connectivity index (χ1v) is 6.19. The molecule has 0 aromatic carbocycles. The second-order valence-electron chi connectivity index (χ2n) is 4.86. The number of allylic oxidation sites excluding steroid dienone is 1. The molecule has 0 spiro atoms. The summed E-state index contributed by atoms with van der Waals surface area (Å²) in [5.74, 6) is -0.265. The highest BCUT2D eigenvalue weighted by molar-refractivity contribution is 5.93. The molecule has 2 aliphatic rings. The van der Waals surface area contributed by atoms with E-state index in [0.29, 0.717) is 18.6 Å². The first kappa shape index (κ1) is 13.6. The Balaban J connectivity index is 2.59. The maximum atomic E-state index is 12.3. The standard InChI is InChI=1S/C14H18O5/c1-17-10-5-8-13(11(15)18-2)6-4-7-14(13,9-10)12(16)19-3/h5,8-9H,4,6-7H2,1-3H3/t13-,14+/m1/s1. The lowest BCUT2D eigenvalue weighted by Crippen LogP contribution is -2.49. The molecule has 0 heterocycles. The predicted octanol–water partition coefficient (Wildman–Crippen LogP) is 1.59. The van der Waals surface area contributed by atoms with E-state index in [-0.39, 0.29) is 0 Å². The summed E-state index contributed by atoms with van der Waals surface area (Å²) in [6, 6.07) is 0. The van der Waals surface area contributed by atoms with Gasteiger partial charge in [0.05, 0.1) is 21.3 Å². The summed E-state index contributed by atoms with van der Waals surface area (Å²) in [6.07, 6.45) is 7.00. The van der Waals surface area contributed by atoms with Crippen LogP contribution in [0, 0.1) is 10.8 Å². The highest BCUT2D eigenvalue weighted by atomic mass is 16.5. The third kappa shape index (κ3) is 1.68. The van der Waals surface area contributed by atoms with Crippen LogP contribution in [0.3, 0.4) is 0 Å². The van der Waals surface area contributed by atoms with Crippen LogP contribution in [0.15, 0.2) is 24.0 Å². The molecule has 0 aliphatic heterocycles. The van der Waals surface area contributed by atoms with Gasteiger partial charge in [-0.05, 0) is 25.0 Å². The van der Waals surface area contributed by atoms with E-state index in [1.54, 1.807) is 18.2 Å². The maximum Gasteiger partial charge on any atom is 0.317 e. The summed E-state index contributed by atoms with van der Waals surface area (Å²) < 4.78 is 15.0. The van der Waals surface area contributed by atoms with Gasteiger partial charge in [-0.15, -0.1) is 0 Å². The molecular weight excluding hydrogens is 248 g/mol. The van der Waals surface area contributed by atoms with E-state index >= 15 is 0 Å². The van der Waals surface area contributed by atoms with Crippen LogP contribution in [0.4, 0.5) is 0 Å². The Morgan fingerprint density at radius 1 is 1.05 bits per heavy atom. The number of carbonyl (C=O) groups excluding carboxylic acids is 2. The molecule has 5 heteroatoms. The van der Waals surface area contributed by atoms with Gasteiger partial charge in [0, 0.05) is 0 Å². The zero-order valence-corrected chi connectivity index (χ0v) is 11.4. The Kier molecular flexibility index (Phi) is 3.39. The fourth-order valence-electron chi connectivity index (χ4n) is 3.23. The van der Waals surface area contributed by atoms with Gasteiger partial charge >= 0.3 is 11.9 Å². The summed E-state index contributed by atoms with van der Waals surface area (Å²) in [4.78, 5) is 24.5. The second-order valence-corrected chi connectivity index (χ2v) is 4.86. The lowest BCUT2D eigenvalue weighted by molar-refractivity contribution is -0.167. The Bertz CT molecular complexity index is 464. The molecule has 0 aromatic heterocycles. The summed E-state index contributed by atoms with van der Waals surface area (Å²) in [5.41, 5.74) is -1.99. The Hall–Kier alpha value is -1.78. The molecule has 0 amide bonds. The second kappa shape index (κ2) is 4.72. The van der Waals surface area contributed by atoms with E-state index in [4.69, 9.17) is 14.2 Å². The molecule has 0 saturated heterocycles. The first-order valence-electron chi connectivity index (χ1n) is 6.19. The molecular formula is C14H18O5. The monoisotopic (exact) mass is 266 g/mol. The van der Waals surface area contributed by atoms with Crippen molar-refractivity contribution in [3.05, 3.63) is 24.0 Å². The molecule has 2 aliphatic carbocycles. The minimum atomic E-state index is -1.02. The van der Waals surface area contributed by atoms with Crippen LogP contribution in [-0.4, -0.2) is 33.3 Å². The summed E-state index contributed by atoms with van der Waals surface area (Å²) >= 11 is 0. The molecule has 1 fully saturated rings.